The smallest absolute Gasteiger partial charge is 0.340 e. The fourth-order valence-electron chi connectivity index (χ4n) is 16.1. The summed E-state index contributed by atoms with van der Waals surface area (Å²) >= 11 is 0. The SMILES string of the molecule is CN[C@H]1C[C@H]([C@]23CC=C4OC(=O)C5=C4CC[C@H]4[C@H]6CC[C@]7(C(=C6c6cc(O)ccc6-c6cccc(c6)CNCCc6cccc(c6)[C@@H](NC[C@H](C)O)[C@@H](CC2)C3)C(=O)O/C7=C\[C@H](CCO)Cc2ccccc2)[C@@H]54)CCN1. The summed E-state index contributed by atoms with van der Waals surface area (Å²) in [5.41, 5.74) is 9.77. The number of aromatic hydroxyl groups is 1. The maximum Gasteiger partial charge on any atom is 0.340 e. The van der Waals surface area contributed by atoms with Gasteiger partial charge in [0, 0.05) is 42.8 Å². The van der Waals surface area contributed by atoms with E-state index in [0.29, 0.717) is 73.3 Å². The van der Waals surface area contributed by atoms with Crippen molar-refractivity contribution < 1.29 is 34.4 Å². The first-order valence-electron chi connectivity index (χ1n) is 28.6. The van der Waals surface area contributed by atoms with E-state index in [1.807, 2.05) is 44.3 Å². The number of hydrogen-bond acceptors (Lipinski definition) is 11. The summed E-state index contributed by atoms with van der Waals surface area (Å²) < 4.78 is 13.3. The van der Waals surface area contributed by atoms with E-state index < -0.39 is 17.5 Å². The van der Waals surface area contributed by atoms with Crippen molar-refractivity contribution in [3.05, 3.63) is 165 Å². The van der Waals surface area contributed by atoms with Crippen molar-refractivity contribution in [2.45, 2.75) is 115 Å². The molecule has 4 aromatic carbocycles. The number of aliphatic hydroxyl groups excluding tert-OH is 2. The maximum absolute atomic E-state index is 15.2. The lowest BCUT2D eigenvalue weighted by atomic mass is 9.44. The Hall–Kier alpha value is -5.66. The van der Waals surface area contributed by atoms with E-state index in [-0.39, 0.29) is 59.6 Å². The van der Waals surface area contributed by atoms with Gasteiger partial charge in [-0.2, -0.15) is 0 Å². The molecule has 5 heterocycles. The van der Waals surface area contributed by atoms with Crippen LogP contribution in [0.3, 0.4) is 0 Å². The van der Waals surface area contributed by atoms with E-state index in [1.54, 1.807) is 6.07 Å². The molecule has 14 bridgehead atoms. The Kier molecular flexibility index (Phi) is 14.3. The number of ether oxygens (including phenoxy) is 2. The van der Waals surface area contributed by atoms with Gasteiger partial charge in [0.15, 0.2) is 0 Å². The Morgan fingerprint density at radius 1 is 0.855 bits per heavy atom. The summed E-state index contributed by atoms with van der Waals surface area (Å²) in [6, 6.07) is 33.5. The molecule has 2 saturated carbocycles. The molecule has 76 heavy (non-hydrogen) atoms. The molecule has 0 radical (unpaired) electrons. The molecule has 5 aliphatic heterocycles. The molecule has 11 heteroatoms. The quantitative estimate of drug-likeness (QED) is 0.0758. The zero-order valence-electron chi connectivity index (χ0n) is 44.3. The van der Waals surface area contributed by atoms with Gasteiger partial charge < -0.3 is 46.1 Å². The number of cyclic esters (lactones) is 1. The van der Waals surface area contributed by atoms with Crippen molar-refractivity contribution in [3.8, 4) is 16.9 Å². The van der Waals surface area contributed by atoms with Gasteiger partial charge in [-0.25, -0.2) is 9.59 Å². The highest BCUT2D eigenvalue weighted by Gasteiger charge is 2.68. The van der Waals surface area contributed by atoms with E-state index >= 15 is 9.59 Å². The number of benzene rings is 4. The third-order valence-electron chi connectivity index (χ3n) is 19.4. The van der Waals surface area contributed by atoms with Crippen molar-refractivity contribution in [1.82, 2.24) is 21.3 Å². The first-order chi connectivity index (χ1) is 37.0. The van der Waals surface area contributed by atoms with Crippen LogP contribution in [-0.2, 0) is 38.4 Å². The van der Waals surface area contributed by atoms with Crippen LogP contribution in [-0.4, -0.2) is 72.8 Å². The Labute approximate surface area is 448 Å². The highest BCUT2D eigenvalue weighted by atomic mass is 16.6. The number of piperidine rings is 1. The monoisotopic (exact) mass is 1020 g/mol. The topological polar surface area (TPSA) is 161 Å². The average molecular weight is 1030 g/mol. The summed E-state index contributed by atoms with van der Waals surface area (Å²) in [6.45, 7) is 4.73. The second-order valence-corrected chi connectivity index (χ2v) is 23.7. The predicted molar refractivity (Wildman–Crippen MR) is 295 cm³/mol. The Morgan fingerprint density at radius 3 is 2.55 bits per heavy atom. The number of phenolic OH excluding ortho intramolecular Hbond substituents is 1. The normalized spacial score (nSPS) is 31.3. The molecular weight excluding hydrogens is 949 g/mol. The van der Waals surface area contributed by atoms with Crippen molar-refractivity contribution in [1.29, 1.82) is 0 Å². The molecule has 0 unspecified atom stereocenters. The van der Waals surface area contributed by atoms with Crippen LogP contribution >= 0.6 is 0 Å². The van der Waals surface area contributed by atoms with Gasteiger partial charge >= 0.3 is 11.9 Å². The van der Waals surface area contributed by atoms with E-state index in [1.165, 1.54) is 11.1 Å². The molecule has 14 rings (SSSR count). The van der Waals surface area contributed by atoms with Crippen molar-refractivity contribution >= 4 is 17.5 Å². The van der Waals surface area contributed by atoms with Crippen LogP contribution < -0.4 is 21.3 Å². The van der Waals surface area contributed by atoms with Gasteiger partial charge in [-0.1, -0.05) is 78.9 Å². The minimum absolute atomic E-state index is 0.000722. The van der Waals surface area contributed by atoms with Gasteiger partial charge in [0.25, 0.3) is 0 Å². The summed E-state index contributed by atoms with van der Waals surface area (Å²) in [7, 11) is 2.04. The van der Waals surface area contributed by atoms with Gasteiger partial charge in [0.2, 0.25) is 0 Å². The van der Waals surface area contributed by atoms with Crippen molar-refractivity contribution in [2.24, 2.45) is 46.3 Å². The van der Waals surface area contributed by atoms with Crippen LogP contribution in [0.4, 0.5) is 0 Å². The number of rotatable bonds is 10. The number of carbonyl (C=O) groups excluding carboxylic acids is 2. The minimum Gasteiger partial charge on any atom is -0.508 e. The largest absolute Gasteiger partial charge is 0.508 e. The number of fused-ring (bicyclic) bond motifs is 5. The molecule has 2 saturated heterocycles. The zero-order valence-corrected chi connectivity index (χ0v) is 44.3. The summed E-state index contributed by atoms with van der Waals surface area (Å²) in [5.74, 6) is 0.895. The fourth-order valence-corrected chi connectivity index (χ4v) is 16.1. The van der Waals surface area contributed by atoms with E-state index in [9.17, 15) is 15.3 Å². The van der Waals surface area contributed by atoms with Crippen LogP contribution in [0.2, 0.25) is 0 Å². The lowest BCUT2D eigenvalue weighted by Gasteiger charge is -2.56. The Balaban J connectivity index is 1.03. The second-order valence-electron chi connectivity index (χ2n) is 23.7. The molecule has 1 spiro atoms. The first kappa shape index (κ1) is 51.1. The van der Waals surface area contributed by atoms with Crippen LogP contribution in [0.1, 0.15) is 111 Å². The molecule has 4 fully saturated rings. The maximum atomic E-state index is 15.2. The van der Waals surface area contributed by atoms with Gasteiger partial charge in [0.05, 0.1) is 23.3 Å². The first-order valence-corrected chi connectivity index (χ1v) is 28.6. The number of phenols is 1. The van der Waals surface area contributed by atoms with Gasteiger partial charge in [-0.15, -0.1) is 0 Å². The number of esters is 2. The molecule has 7 N–H and O–H groups in total. The lowest BCUT2D eigenvalue weighted by molar-refractivity contribution is -0.135. The number of allylic oxidation sites excluding steroid dienone is 5. The standard InChI is InChI=1S/C65H76N4O7/c1-39(71)37-69-61-45-13-6-10-41(31-45)21-27-67-38-43-11-7-12-44(32-43)49-15-14-48(72)35-53(49)57-50-19-26-65(55(76-63(74)60(57)65)33-42(23-29-70)30-40-8-4-3-5-9-40)59-51(50)16-17-52-54(75-62(73)58(52)59)20-25-64(24-18-46(61)36-64)47-22-28-68-56(34-47)66-2/h3-15,20,31-33,35,39,42,46-47,50-51,56,59,61,66-72H,16-19,21-30,34,36-38H2,1-2H3/b54-20?,55-33-/t39-,42+,46-,47+,50+,51-,56+,59+,61+,64-,65+/m0/s1. The molecule has 11 nitrogen and oxygen atoms in total. The lowest BCUT2D eigenvalue weighted by Crippen LogP contribution is -2.52. The van der Waals surface area contributed by atoms with Gasteiger partial charge in [-0.3, -0.25) is 0 Å². The van der Waals surface area contributed by atoms with Crippen LogP contribution in [0.15, 0.2) is 137 Å². The van der Waals surface area contributed by atoms with Crippen LogP contribution in [0, 0.1) is 46.3 Å². The number of nitrogens with one attached hydrogen (secondary N) is 4. The summed E-state index contributed by atoms with van der Waals surface area (Å²) in [6.07, 6.45) is 15.0. The van der Waals surface area contributed by atoms with E-state index in [4.69, 9.17) is 9.47 Å². The Bertz CT molecular complexity index is 3000. The van der Waals surface area contributed by atoms with Crippen LogP contribution in [0.5, 0.6) is 5.75 Å². The number of hydrogen-bond donors (Lipinski definition) is 7. The van der Waals surface area contributed by atoms with E-state index in [2.05, 4.69) is 94.1 Å². The highest BCUT2D eigenvalue weighted by Crippen LogP contribution is 2.72. The molecule has 0 aromatic heterocycles. The third-order valence-corrected chi connectivity index (χ3v) is 19.4. The molecule has 4 aromatic rings. The predicted octanol–water partition coefficient (Wildman–Crippen LogP) is 9.75. The average Bonchev–Trinajstić information content (AvgIpc) is 4.16. The molecule has 10 aliphatic rings. The molecular formula is C65H76N4O7. The van der Waals surface area contributed by atoms with Crippen molar-refractivity contribution in [2.75, 3.05) is 33.3 Å². The summed E-state index contributed by atoms with van der Waals surface area (Å²) in [5, 5.41) is 47.5. The van der Waals surface area contributed by atoms with Gasteiger partial charge in [-0.05, 0) is 220 Å². The van der Waals surface area contributed by atoms with Gasteiger partial charge in [0.1, 0.15) is 17.3 Å². The molecule has 5 aliphatic carbocycles. The Morgan fingerprint density at radius 2 is 1.71 bits per heavy atom. The van der Waals surface area contributed by atoms with Crippen molar-refractivity contribution in [3.63, 3.8) is 0 Å². The highest BCUT2D eigenvalue weighted by molar-refractivity contribution is 6.07. The van der Waals surface area contributed by atoms with Crippen LogP contribution in [0.25, 0.3) is 16.7 Å². The number of aliphatic hydroxyl groups is 2. The summed E-state index contributed by atoms with van der Waals surface area (Å²) in [4.78, 5) is 30.4. The van der Waals surface area contributed by atoms with E-state index in [0.717, 1.165) is 110 Å². The third kappa shape index (κ3) is 9.32. The second kappa shape index (κ2) is 21.3. The molecule has 11 atom stereocenters. The molecule has 0 amide bonds. The number of carbonyl (C=O) groups is 2. The molecule has 398 valence electrons. The fraction of sp³-hybridized carbons (Fsp3) is 0.477. The zero-order chi connectivity index (χ0) is 52.1. The minimum atomic E-state index is -0.964.